The zero-order valence-electron chi connectivity index (χ0n) is 14.8. The fourth-order valence-electron chi connectivity index (χ4n) is 2.49. The summed E-state index contributed by atoms with van der Waals surface area (Å²) >= 11 is 0. The van der Waals surface area contributed by atoms with Crippen LogP contribution >= 0.6 is 0 Å². The molecule has 0 spiro atoms. The molecule has 1 heterocycles. The molecule has 11 heteroatoms. The molecule has 0 unspecified atom stereocenters. The predicted octanol–water partition coefficient (Wildman–Crippen LogP) is 3.75. The Balaban J connectivity index is 0.000000500. The number of anilines is 1. The highest BCUT2D eigenvalue weighted by Gasteiger charge is 2.20. The van der Waals surface area contributed by atoms with Crippen LogP contribution in [0.5, 0.6) is 0 Å². The number of fused-ring (bicyclic) bond motifs is 1. The van der Waals surface area contributed by atoms with Gasteiger partial charge in [0.25, 0.3) is 15.8 Å². The van der Waals surface area contributed by atoms with E-state index < -0.39 is 17.3 Å². The summed E-state index contributed by atoms with van der Waals surface area (Å²) in [5, 5.41) is 1.10. The van der Waals surface area contributed by atoms with Gasteiger partial charge < -0.3 is 17.3 Å². The van der Waals surface area contributed by atoms with Crippen molar-refractivity contribution >= 4 is 34.0 Å². The molecule has 5 nitrogen and oxygen atoms in total. The minimum atomic E-state index is -6.00. The van der Waals surface area contributed by atoms with Crippen molar-refractivity contribution in [2.75, 3.05) is 5.43 Å². The van der Waals surface area contributed by atoms with Crippen LogP contribution < -0.4 is 14.8 Å². The Morgan fingerprint density at radius 2 is 1.46 bits per heavy atom. The number of halogens is 4. The third-order valence-corrected chi connectivity index (χ3v) is 4.89. The number of benzene rings is 2. The molecular formula is C17H18BF4N3O2S. The van der Waals surface area contributed by atoms with Crippen LogP contribution in [-0.4, -0.2) is 15.7 Å². The Kier molecular flexibility index (Phi) is 6.97. The molecule has 0 amide bonds. The SMILES string of the molecule is CC[n+]1c(NNS(=O)(=O)c2ccccc2)ccc2ccccc21.F[B-](F)(F)F. The number of rotatable bonds is 5. The molecule has 2 N–H and O–H groups in total. The van der Waals surface area contributed by atoms with E-state index in [0.717, 1.165) is 17.4 Å². The van der Waals surface area contributed by atoms with Gasteiger partial charge in [0.2, 0.25) is 0 Å². The quantitative estimate of drug-likeness (QED) is 0.289. The van der Waals surface area contributed by atoms with Crippen LogP contribution in [0.3, 0.4) is 0 Å². The highest BCUT2D eigenvalue weighted by atomic mass is 32.2. The number of hydrogen-bond donors (Lipinski definition) is 2. The van der Waals surface area contributed by atoms with Gasteiger partial charge >= 0.3 is 7.25 Å². The van der Waals surface area contributed by atoms with Crippen LogP contribution in [-0.2, 0) is 16.6 Å². The molecule has 1 aromatic heterocycles. The summed E-state index contributed by atoms with van der Waals surface area (Å²) in [5.41, 5.74) is 3.86. The molecule has 3 rings (SSSR count). The molecule has 2 aromatic carbocycles. The molecule has 0 radical (unpaired) electrons. The summed E-state index contributed by atoms with van der Waals surface area (Å²) in [6.45, 7) is 2.74. The summed E-state index contributed by atoms with van der Waals surface area (Å²) in [4.78, 5) is 2.65. The molecule has 0 saturated heterocycles. The van der Waals surface area contributed by atoms with Crippen LogP contribution in [0.25, 0.3) is 10.9 Å². The first-order valence-corrected chi connectivity index (χ1v) is 9.72. The van der Waals surface area contributed by atoms with Crippen molar-refractivity contribution < 1.29 is 30.2 Å². The Labute approximate surface area is 160 Å². The second-order valence-electron chi connectivity index (χ2n) is 5.56. The van der Waals surface area contributed by atoms with Gasteiger partial charge in [0.05, 0.1) is 11.4 Å². The number of nitrogens with one attached hydrogen (secondary N) is 2. The number of aromatic nitrogens is 1. The maximum absolute atomic E-state index is 12.3. The Morgan fingerprint density at radius 3 is 2.07 bits per heavy atom. The van der Waals surface area contributed by atoms with Gasteiger partial charge in [0, 0.05) is 11.5 Å². The van der Waals surface area contributed by atoms with Gasteiger partial charge in [0.15, 0.2) is 0 Å². The lowest BCUT2D eigenvalue weighted by molar-refractivity contribution is -0.653. The van der Waals surface area contributed by atoms with Gasteiger partial charge in [-0.1, -0.05) is 41.2 Å². The lowest BCUT2D eigenvalue weighted by Gasteiger charge is -2.09. The number of hydrogen-bond acceptors (Lipinski definition) is 3. The molecule has 0 saturated carbocycles. The molecular weight excluding hydrogens is 397 g/mol. The molecule has 150 valence electrons. The van der Waals surface area contributed by atoms with Crippen molar-refractivity contribution in [2.24, 2.45) is 0 Å². The molecule has 28 heavy (non-hydrogen) atoms. The Bertz CT molecular complexity index is 1030. The standard InChI is InChI=1S/C17H17N3O2S.BF4/c1-2-20-16-11-7-6-8-14(16)12-13-17(20)18-19-23(21,22)15-9-4-3-5-10-15;2-1(3,4)5/h3-13,19H,2H2,1H3;/q;-1/p+1. The molecule has 0 aliphatic carbocycles. The van der Waals surface area contributed by atoms with E-state index in [2.05, 4.69) is 10.3 Å². The van der Waals surface area contributed by atoms with E-state index in [1.807, 2.05) is 47.9 Å². The normalized spacial score (nSPS) is 11.6. The van der Waals surface area contributed by atoms with E-state index in [-0.39, 0.29) is 4.90 Å². The zero-order chi connectivity index (χ0) is 20.8. The third kappa shape index (κ3) is 6.20. The zero-order valence-corrected chi connectivity index (χ0v) is 15.6. The number of pyridine rings is 1. The van der Waals surface area contributed by atoms with Crippen molar-refractivity contribution in [3.05, 3.63) is 66.7 Å². The average Bonchev–Trinajstić information content (AvgIpc) is 2.65. The van der Waals surface area contributed by atoms with E-state index in [1.165, 1.54) is 0 Å². The van der Waals surface area contributed by atoms with Gasteiger partial charge in [0.1, 0.15) is 5.52 Å². The maximum Gasteiger partial charge on any atom is 0.673 e. The van der Waals surface area contributed by atoms with Crippen LogP contribution in [0.15, 0.2) is 71.6 Å². The van der Waals surface area contributed by atoms with E-state index in [9.17, 15) is 25.7 Å². The van der Waals surface area contributed by atoms with Crippen LogP contribution in [0.1, 0.15) is 6.92 Å². The second kappa shape index (κ2) is 9.02. The van der Waals surface area contributed by atoms with E-state index in [4.69, 9.17) is 0 Å². The molecule has 0 fully saturated rings. The summed E-state index contributed by atoms with van der Waals surface area (Å²) in [5.74, 6) is 0.686. The van der Waals surface area contributed by atoms with Crippen molar-refractivity contribution in [2.45, 2.75) is 18.4 Å². The topological polar surface area (TPSA) is 62.1 Å². The van der Waals surface area contributed by atoms with Crippen molar-refractivity contribution in [1.82, 2.24) is 4.83 Å². The fourth-order valence-corrected chi connectivity index (χ4v) is 3.36. The molecule has 0 aliphatic heterocycles. The summed E-state index contributed by atoms with van der Waals surface area (Å²) in [6.07, 6.45) is 0. The minimum Gasteiger partial charge on any atom is -0.418 e. The van der Waals surface area contributed by atoms with Gasteiger partial charge in [-0.05, 0) is 31.2 Å². The minimum absolute atomic E-state index is 0.219. The van der Waals surface area contributed by atoms with E-state index >= 15 is 0 Å². The van der Waals surface area contributed by atoms with Gasteiger partial charge in [-0.2, -0.15) is 5.43 Å². The fraction of sp³-hybridized carbons (Fsp3) is 0.118. The molecule has 0 atom stereocenters. The average molecular weight is 415 g/mol. The van der Waals surface area contributed by atoms with Crippen molar-refractivity contribution in [3.8, 4) is 0 Å². The highest BCUT2D eigenvalue weighted by Crippen LogP contribution is 2.13. The lowest BCUT2D eigenvalue weighted by atomic mass is 10.2. The van der Waals surface area contributed by atoms with Gasteiger partial charge in [-0.15, -0.1) is 0 Å². The van der Waals surface area contributed by atoms with Crippen LogP contribution in [0.4, 0.5) is 23.1 Å². The summed E-state index contributed by atoms with van der Waals surface area (Å²) in [7, 11) is -9.61. The van der Waals surface area contributed by atoms with Crippen molar-refractivity contribution in [1.29, 1.82) is 0 Å². The van der Waals surface area contributed by atoms with E-state index in [1.54, 1.807) is 30.3 Å². The monoisotopic (exact) mass is 415 g/mol. The predicted molar refractivity (Wildman–Crippen MR) is 100 cm³/mol. The number of para-hydroxylation sites is 1. The first-order valence-electron chi connectivity index (χ1n) is 8.23. The number of hydrazine groups is 1. The Hall–Kier alpha value is -2.66. The van der Waals surface area contributed by atoms with Crippen LogP contribution in [0, 0.1) is 0 Å². The maximum atomic E-state index is 12.3. The van der Waals surface area contributed by atoms with Gasteiger partial charge in [-0.3, -0.25) is 0 Å². The Morgan fingerprint density at radius 1 is 0.893 bits per heavy atom. The molecule has 0 aliphatic rings. The molecule has 0 bridgehead atoms. The molecule has 3 aromatic rings. The number of aryl methyl sites for hydroxylation is 1. The van der Waals surface area contributed by atoms with Crippen LogP contribution in [0.2, 0.25) is 0 Å². The summed E-state index contributed by atoms with van der Waals surface area (Å²) in [6, 6.07) is 20.1. The largest absolute Gasteiger partial charge is 0.673 e. The van der Waals surface area contributed by atoms with Gasteiger partial charge in [-0.25, -0.2) is 13.0 Å². The lowest BCUT2D eigenvalue weighted by Crippen LogP contribution is -2.41. The van der Waals surface area contributed by atoms with E-state index in [0.29, 0.717) is 5.82 Å². The smallest absolute Gasteiger partial charge is 0.418 e. The third-order valence-electron chi connectivity index (χ3n) is 3.62. The second-order valence-corrected chi connectivity index (χ2v) is 7.24. The highest BCUT2D eigenvalue weighted by molar-refractivity contribution is 7.89. The summed E-state index contributed by atoms with van der Waals surface area (Å²) < 4.78 is 65.6. The first-order chi connectivity index (χ1) is 13.1. The first kappa shape index (κ1) is 21.6. The van der Waals surface area contributed by atoms with Crippen molar-refractivity contribution in [3.63, 3.8) is 0 Å². The number of sulfonamides is 1. The number of nitrogens with zero attached hydrogens (tertiary/aromatic N) is 1.